The van der Waals surface area contributed by atoms with Crippen molar-refractivity contribution in [3.05, 3.63) is 48.9 Å². The van der Waals surface area contributed by atoms with Gasteiger partial charge < -0.3 is 15.4 Å². The summed E-state index contributed by atoms with van der Waals surface area (Å²) in [6.45, 7) is 0. The lowest BCUT2D eigenvalue weighted by Crippen LogP contribution is -1.93. The van der Waals surface area contributed by atoms with Gasteiger partial charge in [0.1, 0.15) is 0 Å². The Kier molecular flexibility index (Phi) is 2.62. The Balaban J connectivity index is 1.87. The van der Waals surface area contributed by atoms with Crippen molar-refractivity contribution in [2.45, 2.75) is 18.9 Å². The van der Waals surface area contributed by atoms with Crippen LogP contribution in [0.4, 0.5) is 5.69 Å². The lowest BCUT2D eigenvalue weighted by Gasteiger charge is -2.09. The first kappa shape index (κ1) is 13.4. The molecule has 3 aromatic heterocycles. The van der Waals surface area contributed by atoms with Gasteiger partial charge in [-0.05, 0) is 18.9 Å². The van der Waals surface area contributed by atoms with E-state index in [0.29, 0.717) is 17.1 Å². The summed E-state index contributed by atoms with van der Waals surface area (Å²) in [7, 11) is 0. The number of hydrogen-bond donors (Lipinski definition) is 2. The predicted octanol–water partition coefficient (Wildman–Crippen LogP) is 3.87. The van der Waals surface area contributed by atoms with Crippen LogP contribution in [-0.2, 0) is 0 Å². The summed E-state index contributed by atoms with van der Waals surface area (Å²) in [5.41, 5.74) is 10.6. The molecule has 0 bridgehead atoms. The molecule has 118 valence electrons. The molecule has 1 aliphatic rings. The second-order valence-electron chi connectivity index (χ2n) is 6.32. The molecular weight excluding hydrogens is 300 g/mol. The van der Waals surface area contributed by atoms with Crippen LogP contribution in [0.15, 0.2) is 48.9 Å². The van der Waals surface area contributed by atoms with Crippen molar-refractivity contribution < 1.29 is 5.11 Å². The summed E-state index contributed by atoms with van der Waals surface area (Å²) in [6, 6.07) is 10.2. The fourth-order valence-electron chi connectivity index (χ4n) is 3.37. The molecule has 0 amide bonds. The second-order valence-corrected chi connectivity index (χ2v) is 6.32. The molecule has 4 aromatic rings. The maximum absolute atomic E-state index is 10.6. The SMILES string of the molecule is Nc1c2cccc(-c3cccnc3)c2nc2cn(C3CC3)c(O)c12. The Morgan fingerprint density at radius 2 is 2.04 bits per heavy atom. The van der Waals surface area contributed by atoms with E-state index < -0.39 is 0 Å². The van der Waals surface area contributed by atoms with Crippen molar-refractivity contribution in [1.29, 1.82) is 0 Å². The largest absolute Gasteiger partial charge is 0.494 e. The van der Waals surface area contributed by atoms with Crippen LogP contribution >= 0.6 is 0 Å². The number of aromatic nitrogens is 3. The first-order valence-electron chi connectivity index (χ1n) is 8.06. The monoisotopic (exact) mass is 316 g/mol. The molecule has 0 spiro atoms. The molecule has 0 aliphatic heterocycles. The molecule has 0 unspecified atom stereocenters. The van der Waals surface area contributed by atoms with Crippen LogP contribution in [0.2, 0.25) is 0 Å². The third-order valence-electron chi connectivity index (χ3n) is 4.73. The maximum Gasteiger partial charge on any atom is 0.203 e. The van der Waals surface area contributed by atoms with Gasteiger partial charge in [0, 0.05) is 41.1 Å². The molecule has 3 heterocycles. The Morgan fingerprint density at radius 1 is 1.17 bits per heavy atom. The summed E-state index contributed by atoms with van der Waals surface area (Å²) < 4.78 is 1.90. The topological polar surface area (TPSA) is 77.0 Å². The van der Waals surface area contributed by atoms with Crippen LogP contribution in [-0.4, -0.2) is 19.6 Å². The van der Waals surface area contributed by atoms with Crippen molar-refractivity contribution in [2.75, 3.05) is 5.73 Å². The van der Waals surface area contributed by atoms with Gasteiger partial charge in [0.15, 0.2) is 0 Å². The number of pyridine rings is 2. The minimum Gasteiger partial charge on any atom is -0.494 e. The van der Waals surface area contributed by atoms with Gasteiger partial charge in [-0.1, -0.05) is 24.3 Å². The third kappa shape index (κ3) is 1.81. The van der Waals surface area contributed by atoms with Crippen molar-refractivity contribution in [3.8, 4) is 17.0 Å². The van der Waals surface area contributed by atoms with Gasteiger partial charge in [-0.3, -0.25) is 4.98 Å². The zero-order chi connectivity index (χ0) is 16.3. The summed E-state index contributed by atoms with van der Waals surface area (Å²) in [5, 5.41) is 12.1. The predicted molar refractivity (Wildman–Crippen MR) is 94.8 cm³/mol. The van der Waals surface area contributed by atoms with E-state index in [1.54, 1.807) is 6.20 Å². The minimum atomic E-state index is 0.228. The fraction of sp³-hybridized carbons (Fsp3) is 0.158. The molecule has 24 heavy (non-hydrogen) atoms. The number of nitrogens with two attached hydrogens (primary N) is 1. The van der Waals surface area contributed by atoms with Gasteiger partial charge in [-0.25, -0.2) is 4.98 Å². The maximum atomic E-state index is 10.6. The molecule has 1 aliphatic carbocycles. The third-order valence-corrected chi connectivity index (χ3v) is 4.73. The molecule has 3 N–H and O–H groups in total. The molecule has 0 atom stereocenters. The summed E-state index contributed by atoms with van der Waals surface area (Å²) in [5.74, 6) is 0.228. The number of benzene rings is 1. The van der Waals surface area contributed by atoms with E-state index in [0.717, 1.165) is 40.4 Å². The van der Waals surface area contributed by atoms with Crippen LogP contribution in [0.25, 0.3) is 32.9 Å². The van der Waals surface area contributed by atoms with Gasteiger partial charge in [0.05, 0.1) is 22.1 Å². The lowest BCUT2D eigenvalue weighted by molar-refractivity contribution is 0.424. The van der Waals surface area contributed by atoms with Crippen LogP contribution in [0, 0.1) is 0 Å². The summed E-state index contributed by atoms with van der Waals surface area (Å²) in [6.07, 6.45) is 7.67. The van der Waals surface area contributed by atoms with Gasteiger partial charge in [0.25, 0.3) is 0 Å². The van der Waals surface area contributed by atoms with Crippen LogP contribution < -0.4 is 5.73 Å². The number of para-hydroxylation sites is 1. The number of hydrogen-bond acceptors (Lipinski definition) is 4. The number of anilines is 1. The standard InChI is InChI=1S/C19H16N4O/c20-17-14-5-1-4-13(11-3-2-8-21-9-11)18(14)22-15-10-23(12-6-7-12)19(24)16(15)17/h1-5,8-10,12,24H,6-7,20H2. The second kappa shape index (κ2) is 4.71. The first-order valence-corrected chi connectivity index (χ1v) is 8.06. The van der Waals surface area contributed by atoms with Crippen molar-refractivity contribution in [1.82, 2.24) is 14.5 Å². The lowest BCUT2D eigenvalue weighted by atomic mass is 10.0. The van der Waals surface area contributed by atoms with E-state index in [1.807, 2.05) is 47.3 Å². The van der Waals surface area contributed by atoms with Gasteiger partial charge in [-0.15, -0.1) is 0 Å². The van der Waals surface area contributed by atoms with Gasteiger partial charge in [-0.2, -0.15) is 0 Å². The van der Waals surface area contributed by atoms with E-state index in [2.05, 4.69) is 4.98 Å². The quantitative estimate of drug-likeness (QED) is 0.588. The molecular formula is C19H16N4O. The molecule has 0 radical (unpaired) electrons. The molecule has 1 aromatic carbocycles. The average molecular weight is 316 g/mol. The Bertz CT molecular complexity index is 1080. The highest BCUT2D eigenvalue weighted by Crippen LogP contribution is 2.44. The number of aromatic hydroxyl groups is 1. The first-order chi connectivity index (χ1) is 11.7. The number of fused-ring (bicyclic) bond motifs is 2. The highest BCUT2D eigenvalue weighted by molar-refractivity contribution is 6.12. The minimum absolute atomic E-state index is 0.228. The van der Waals surface area contributed by atoms with Crippen LogP contribution in [0.3, 0.4) is 0 Å². The Hall–Kier alpha value is -3.08. The van der Waals surface area contributed by atoms with E-state index in [9.17, 15) is 5.11 Å². The molecule has 1 fully saturated rings. The van der Waals surface area contributed by atoms with E-state index in [1.165, 1.54) is 0 Å². The van der Waals surface area contributed by atoms with Gasteiger partial charge in [0.2, 0.25) is 5.88 Å². The van der Waals surface area contributed by atoms with E-state index >= 15 is 0 Å². The van der Waals surface area contributed by atoms with Gasteiger partial charge >= 0.3 is 0 Å². The number of rotatable bonds is 2. The molecule has 5 heteroatoms. The smallest absolute Gasteiger partial charge is 0.203 e. The number of nitrogens with zero attached hydrogens (tertiary/aromatic N) is 3. The van der Waals surface area contributed by atoms with E-state index in [-0.39, 0.29) is 5.88 Å². The van der Waals surface area contributed by atoms with Crippen molar-refractivity contribution >= 4 is 27.5 Å². The van der Waals surface area contributed by atoms with Crippen LogP contribution in [0.5, 0.6) is 5.88 Å². The fourth-order valence-corrected chi connectivity index (χ4v) is 3.37. The zero-order valence-electron chi connectivity index (χ0n) is 13.0. The van der Waals surface area contributed by atoms with Crippen molar-refractivity contribution in [2.24, 2.45) is 0 Å². The Morgan fingerprint density at radius 3 is 2.79 bits per heavy atom. The van der Waals surface area contributed by atoms with Crippen molar-refractivity contribution in [3.63, 3.8) is 0 Å². The molecule has 0 saturated heterocycles. The Labute approximate surface area is 138 Å². The highest BCUT2D eigenvalue weighted by Gasteiger charge is 2.28. The molecule has 5 nitrogen and oxygen atoms in total. The summed E-state index contributed by atoms with van der Waals surface area (Å²) >= 11 is 0. The molecule has 5 rings (SSSR count). The average Bonchev–Trinajstić information content (AvgIpc) is 3.40. The summed E-state index contributed by atoms with van der Waals surface area (Å²) in [4.78, 5) is 9.02. The highest BCUT2D eigenvalue weighted by atomic mass is 16.3. The molecule has 1 saturated carbocycles. The zero-order valence-corrected chi connectivity index (χ0v) is 13.0. The van der Waals surface area contributed by atoms with Crippen LogP contribution in [0.1, 0.15) is 18.9 Å². The normalized spacial score (nSPS) is 14.5. The van der Waals surface area contributed by atoms with E-state index in [4.69, 9.17) is 10.7 Å². The number of nitrogen functional groups attached to an aromatic ring is 1.